The minimum Gasteiger partial charge on any atom is -0.461 e. The summed E-state index contributed by atoms with van der Waals surface area (Å²) in [5.74, 6) is 0.664. The Morgan fingerprint density at radius 2 is 1.80 bits per heavy atom. The lowest BCUT2D eigenvalue weighted by Gasteiger charge is -2.13. The molecule has 15 heavy (non-hydrogen) atoms. The highest BCUT2D eigenvalue weighted by Gasteiger charge is 2.18. The van der Waals surface area contributed by atoms with Crippen molar-refractivity contribution < 1.29 is 8.81 Å². The third-order valence-electron chi connectivity index (χ3n) is 2.22. The molecule has 0 atom stereocenters. The molecule has 0 amide bonds. The molecule has 0 saturated carbocycles. The van der Waals surface area contributed by atoms with Crippen molar-refractivity contribution in [1.82, 2.24) is 0 Å². The molecule has 0 N–H and O–H groups in total. The molecule has 0 bridgehead atoms. The minimum absolute atomic E-state index is 0. The van der Waals surface area contributed by atoms with Crippen LogP contribution in [-0.4, -0.2) is 0 Å². The van der Waals surface area contributed by atoms with Gasteiger partial charge in [-0.2, -0.15) is 0 Å². The summed E-state index contributed by atoms with van der Waals surface area (Å²) < 4.78 is 18.5. The van der Waals surface area contributed by atoms with Crippen molar-refractivity contribution in [2.75, 3.05) is 0 Å². The summed E-state index contributed by atoms with van der Waals surface area (Å²) in [5.41, 5.74) is 0.714. The molecule has 1 heterocycles. The Balaban J connectivity index is 0.00000112. The summed E-state index contributed by atoms with van der Waals surface area (Å²) in [6.07, 6.45) is 0. The van der Waals surface area contributed by atoms with Gasteiger partial charge >= 0.3 is 0 Å². The van der Waals surface area contributed by atoms with Gasteiger partial charge in [-0.05, 0) is 24.3 Å². The molecule has 0 unspecified atom stereocenters. The van der Waals surface area contributed by atoms with E-state index in [4.69, 9.17) is 4.42 Å². The van der Waals surface area contributed by atoms with Gasteiger partial charge in [-0.1, -0.05) is 28.2 Å². The van der Waals surface area contributed by atoms with Gasteiger partial charge in [0, 0.05) is 10.8 Å². The van der Waals surface area contributed by atoms with Crippen LogP contribution in [0.1, 0.15) is 34.0 Å². The molecule has 0 saturated heterocycles. The van der Waals surface area contributed by atoms with E-state index in [1.54, 1.807) is 6.07 Å². The fraction of sp³-hybridized carbons (Fsp3) is 0.385. The fourth-order valence-electron chi connectivity index (χ4n) is 1.38. The monoisotopic (exact) mass is 208 g/mol. The van der Waals surface area contributed by atoms with Crippen molar-refractivity contribution in [2.24, 2.45) is 0 Å². The van der Waals surface area contributed by atoms with Crippen LogP contribution in [0.4, 0.5) is 4.39 Å². The quantitative estimate of drug-likeness (QED) is 0.621. The minimum atomic E-state index is -0.223. The molecular formula is C13H17FO. The Morgan fingerprint density at radius 3 is 2.40 bits per heavy atom. The molecule has 82 valence electrons. The molecule has 0 aliphatic heterocycles. The number of halogens is 1. The molecule has 0 aliphatic carbocycles. The first-order valence-corrected chi connectivity index (χ1v) is 4.66. The summed E-state index contributed by atoms with van der Waals surface area (Å²) in [4.78, 5) is 0. The fourth-order valence-corrected chi connectivity index (χ4v) is 1.38. The van der Waals surface area contributed by atoms with Crippen molar-refractivity contribution in [1.29, 1.82) is 0 Å². The second-order valence-electron chi connectivity index (χ2n) is 4.54. The van der Waals surface area contributed by atoms with Crippen LogP contribution in [0.3, 0.4) is 0 Å². The zero-order valence-electron chi connectivity index (χ0n) is 8.60. The standard InChI is InChI=1S/C12H13FO.CH4/c1-12(2,3)11-7-8-6-9(13)4-5-10(8)14-11;/h4-7H,1-3H3;1H4. The summed E-state index contributed by atoms with van der Waals surface area (Å²) >= 11 is 0. The van der Waals surface area contributed by atoms with Gasteiger partial charge in [0.15, 0.2) is 0 Å². The summed E-state index contributed by atoms with van der Waals surface area (Å²) in [6.45, 7) is 6.21. The summed E-state index contributed by atoms with van der Waals surface area (Å²) in [5, 5.41) is 0.829. The number of hydrogen-bond donors (Lipinski definition) is 0. The average Bonchev–Trinajstić information content (AvgIpc) is 2.45. The van der Waals surface area contributed by atoms with Gasteiger partial charge in [-0.3, -0.25) is 0 Å². The zero-order chi connectivity index (χ0) is 10.3. The van der Waals surface area contributed by atoms with Gasteiger partial charge in [0.25, 0.3) is 0 Å². The first-order valence-electron chi connectivity index (χ1n) is 4.66. The first kappa shape index (κ1) is 11.8. The molecule has 1 aromatic heterocycles. The normalized spacial score (nSPS) is 11.5. The topological polar surface area (TPSA) is 13.1 Å². The van der Waals surface area contributed by atoms with Gasteiger partial charge in [-0.25, -0.2) is 4.39 Å². The zero-order valence-corrected chi connectivity index (χ0v) is 8.60. The Labute approximate surface area is 89.9 Å². The molecule has 0 fully saturated rings. The van der Waals surface area contributed by atoms with Crippen molar-refractivity contribution in [3.63, 3.8) is 0 Å². The highest BCUT2D eigenvalue weighted by molar-refractivity contribution is 5.78. The molecule has 1 nitrogen and oxygen atoms in total. The number of furan rings is 1. The predicted octanol–water partition coefficient (Wildman–Crippen LogP) is 4.51. The number of rotatable bonds is 0. The third-order valence-corrected chi connectivity index (χ3v) is 2.22. The molecule has 2 heteroatoms. The van der Waals surface area contributed by atoms with Crippen LogP contribution in [-0.2, 0) is 5.41 Å². The largest absolute Gasteiger partial charge is 0.461 e. The van der Waals surface area contributed by atoms with Crippen LogP contribution < -0.4 is 0 Å². The van der Waals surface area contributed by atoms with Gasteiger partial charge < -0.3 is 4.42 Å². The molecule has 0 radical (unpaired) electrons. The van der Waals surface area contributed by atoms with E-state index in [9.17, 15) is 4.39 Å². The second-order valence-corrected chi connectivity index (χ2v) is 4.54. The molecule has 0 aliphatic rings. The van der Waals surface area contributed by atoms with Crippen molar-refractivity contribution in [3.05, 3.63) is 35.8 Å². The van der Waals surface area contributed by atoms with Crippen molar-refractivity contribution >= 4 is 11.0 Å². The van der Waals surface area contributed by atoms with Crippen LogP contribution in [0.2, 0.25) is 0 Å². The predicted molar refractivity (Wildman–Crippen MR) is 61.6 cm³/mol. The van der Waals surface area contributed by atoms with E-state index in [2.05, 4.69) is 20.8 Å². The van der Waals surface area contributed by atoms with E-state index < -0.39 is 0 Å². The molecule has 2 rings (SSSR count). The smallest absolute Gasteiger partial charge is 0.134 e. The molecule has 1 aromatic carbocycles. The maximum Gasteiger partial charge on any atom is 0.134 e. The van der Waals surface area contributed by atoms with Crippen LogP contribution in [0.25, 0.3) is 11.0 Å². The van der Waals surface area contributed by atoms with Crippen LogP contribution in [0.5, 0.6) is 0 Å². The van der Waals surface area contributed by atoms with Gasteiger partial charge in [-0.15, -0.1) is 0 Å². The SMILES string of the molecule is C.CC(C)(C)c1cc2cc(F)ccc2o1. The van der Waals surface area contributed by atoms with E-state index in [0.717, 1.165) is 16.7 Å². The lowest BCUT2D eigenvalue weighted by atomic mass is 9.93. The molecule has 2 aromatic rings. The van der Waals surface area contributed by atoms with Crippen LogP contribution >= 0.6 is 0 Å². The van der Waals surface area contributed by atoms with Crippen molar-refractivity contribution in [3.8, 4) is 0 Å². The van der Waals surface area contributed by atoms with E-state index in [1.807, 2.05) is 6.07 Å². The number of hydrogen-bond acceptors (Lipinski definition) is 1. The van der Waals surface area contributed by atoms with Gasteiger partial charge in [0.05, 0.1) is 0 Å². The Bertz CT molecular complexity index is 463. The Morgan fingerprint density at radius 1 is 1.13 bits per heavy atom. The highest BCUT2D eigenvalue weighted by atomic mass is 19.1. The van der Waals surface area contributed by atoms with E-state index >= 15 is 0 Å². The van der Waals surface area contributed by atoms with E-state index in [1.165, 1.54) is 12.1 Å². The highest BCUT2D eigenvalue weighted by Crippen LogP contribution is 2.29. The average molecular weight is 208 g/mol. The lowest BCUT2D eigenvalue weighted by molar-refractivity contribution is 0.430. The molecule has 0 spiro atoms. The Kier molecular flexibility index (Phi) is 2.89. The maximum atomic E-state index is 12.9. The van der Waals surface area contributed by atoms with E-state index in [0.29, 0.717) is 0 Å². The second kappa shape index (κ2) is 3.69. The molecular weight excluding hydrogens is 191 g/mol. The van der Waals surface area contributed by atoms with Crippen LogP contribution in [0.15, 0.2) is 28.7 Å². The Hall–Kier alpha value is -1.31. The number of benzene rings is 1. The first-order chi connectivity index (χ1) is 6.47. The summed E-state index contributed by atoms with van der Waals surface area (Å²) in [7, 11) is 0. The van der Waals surface area contributed by atoms with Gasteiger partial charge in [0.2, 0.25) is 0 Å². The maximum absolute atomic E-state index is 12.9. The number of fused-ring (bicyclic) bond motifs is 1. The van der Waals surface area contributed by atoms with Crippen molar-refractivity contribution in [2.45, 2.75) is 33.6 Å². The van der Waals surface area contributed by atoms with Gasteiger partial charge in [0.1, 0.15) is 17.2 Å². The summed E-state index contributed by atoms with van der Waals surface area (Å²) in [6, 6.07) is 6.48. The van der Waals surface area contributed by atoms with E-state index in [-0.39, 0.29) is 18.7 Å². The third kappa shape index (κ3) is 2.20. The lowest BCUT2D eigenvalue weighted by Crippen LogP contribution is -2.08. The van der Waals surface area contributed by atoms with Crippen LogP contribution in [0, 0.1) is 5.82 Å².